The van der Waals surface area contributed by atoms with Crippen LogP contribution >= 0.6 is 11.8 Å². The number of aromatic carboxylic acids is 1. The fourth-order valence-electron chi connectivity index (χ4n) is 3.51. The third-order valence-corrected chi connectivity index (χ3v) is 5.96. The molecule has 0 aliphatic carbocycles. The van der Waals surface area contributed by atoms with Crippen molar-refractivity contribution in [3.63, 3.8) is 0 Å². The van der Waals surface area contributed by atoms with Gasteiger partial charge in [-0.25, -0.2) is 4.79 Å². The van der Waals surface area contributed by atoms with Crippen molar-refractivity contribution in [2.24, 2.45) is 0 Å². The van der Waals surface area contributed by atoms with Crippen LogP contribution in [0.3, 0.4) is 0 Å². The monoisotopic (exact) mass is 425 g/mol. The van der Waals surface area contributed by atoms with Gasteiger partial charge in [-0.05, 0) is 61.0 Å². The number of thioether (sulfide) groups is 1. The van der Waals surface area contributed by atoms with Crippen LogP contribution in [0.15, 0.2) is 47.5 Å². The van der Waals surface area contributed by atoms with Crippen LogP contribution in [0.25, 0.3) is 11.8 Å². The maximum atomic E-state index is 12.7. The Morgan fingerprint density at radius 1 is 1.10 bits per heavy atom. The molecule has 0 atom stereocenters. The third kappa shape index (κ3) is 3.88. The number of rotatable bonds is 5. The molecule has 2 fully saturated rings. The Morgan fingerprint density at radius 3 is 2.60 bits per heavy atom. The van der Waals surface area contributed by atoms with Gasteiger partial charge in [-0.2, -0.15) is 0 Å². The first-order chi connectivity index (χ1) is 14.4. The molecule has 1 aromatic carbocycles. The van der Waals surface area contributed by atoms with Gasteiger partial charge in [0, 0.05) is 30.7 Å². The van der Waals surface area contributed by atoms with Crippen molar-refractivity contribution in [2.45, 2.75) is 12.8 Å². The first-order valence-electron chi connectivity index (χ1n) is 9.48. The van der Waals surface area contributed by atoms with E-state index in [2.05, 4.69) is 0 Å². The van der Waals surface area contributed by atoms with Crippen LogP contribution < -0.4 is 0 Å². The quantitative estimate of drug-likeness (QED) is 0.740. The number of amides is 3. The topological polar surface area (TPSA) is 99.9 Å². The largest absolute Gasteiger partial charge is 0.478 e. The lowest BCUT2D eigenvalue weighted by Gasteiger charge is -2.18. The Morgan fingerprint density at radius 2 is 1.87 bits per heavy atom. The molecule has 4 rings (SSSR count). The van der Waals surface area contributed by atoms with Crippen LogP contribution in [0, 0.1) is 0 Å². The number of benzene rings is 1. The molecular weight excluding hydrogens is 406 g/mol. The summed E-state index contributed by atoms with van der Waals surface area (Å²) in [7, 11) is 0. The van der Waals surface area contributed by atoms with E-state index >= 15 is 0 Å². The lowest BCUT2D eigenvalue weighted by molar-refractivity contribution is -0.135. The number of carbonyl (C=O) groups excluding carboxylic acids is 3. The maximum Gasteiger partial charge on any atom is 0.335 e. The molecule has 0 saturated carbocycles. The summed E-state index contributed by atoms with van der Waals surface area (Å²) in [6, 6.07) is 9.94. The number of carbonyl (C=O) groups is 4. The summed E-state index contributed by atoms with van der Waals surface area (Å²) in [5, 5.41) is 8.74. The fourth-order valence-corrected chi connectivity index (χ4v) is 4.33. The second kappa shape index (κ2) is 8.19. The molecule has 1 aromatic heterocycles. The molecule has 2 aliphatic heterocycles. The normalized spacial score (nSPS) is 17.9. The Kier molecular flexibility index (Phi) is 5.45. The van der Waals surface area contributed by atoms with E-state index in [0.29, 0.717) is 24.5 Å². The molecule has 0 spiro atoms. The molecule has 2 saturated heterocycles. The number of aromatic nitrogens is 1. The summed E-state index contributed by atoms with van der Waals surface area (Å²) in [6.45, 7) is 1.07. The maximum absolute atomic E-state index is 12.7. The highest BCUT2D eigenvalue weighted by atomic mass is 32.2. The molecule has 154 valence electrons. The van der Waals surface area contributed by atoms with Crippen LogP contribution in [-0.2, 0) is 9.59 Å². The molecule has 0 unspecified atom stereocenters. The highest BCUT2D eigenvalue weighted by Gasteiger charge is 2.37. The van der Waals surface area contributed by atoms with Gasteiger partial charge in [-0.1, -0.05) is 6.07 Å². The van der Waals surface area contributed by atoms with Crippen LogP contribution in [0.5, 0.6) is 0 Å². The average molecular weight is 425 g/mol. The zero-order valence-electron chi connectivity index (χ0n) is 16.0. The molecule has 3 heterocycles. The average Bonchev–Trinajstić information content (AvgIpc) is 3.47. The number of nitrogens with zero attached hydrogens (tertiary/aromatic N) is 3. The van der Waals surface area contributed by atoms with Gasteiger partial charge in [0.25, 0.3) is 11.1 Å². The SMILES string of the molecule is O=C(O)c1cccc(-n2cccc2/C=C2\SC(=O)N(CC(=O)N3CCCC3)C2=O)c1. The summed E-state index contributed by atoms with van der Waals surface area (Å²) in [5.41, 5.74) is 1.39. The van der Waals surface area contributed by atoms with Crippen LogP contribution in [0.2, 0.25) is 0 Å². The van der Waals surface area contributed by atoms with Gasteiger partial charge in [0.2, 0.25) is 5.91 Å². The Bertz CT molecular complexity index is 1070. The minimum Gasteiger partial charge on any atom is -0.478 e. The first-order valence-corrected chi connectivity index (χ1v) is 10.3. The number of likely N-dealkylation sites (tertiary alicyclic amines) is 1. The molecule has 2 aromatic rings. The van der Waals surface area contributed by atoms with Crippen LogP contribution in [0.4, 0.5) is 4.79 Å². The van der Waals surface area contributed by atoms with E-state index in [1.165, 1.54) is 12.1 Å². The van der Waals surface area contributed by atoms with Crippen molar-refractivity contribution in [1.82, 2.24) is 14.4 Å². The molecule has 2 aliphatic rings. The van der Waals surface area contributed by atoms with Gasteiger partial charge in [-0.3, -0.25) is 19.3 Å². The van der Waals surface area contributed by atoms with Crippen molar-refractivity contribution >= 4 is 40.9 Å². The molecule has 3 amide bonds. The predicted octanol–water partition coefficient (Wildman–Crippen LogP) is 2.83. The molecule has 1 N–H and O–H groups in total. The van der Waals surface area contributed by atoms with Gasteiger partial charge in [-0.15, -0.1) is 0 Å². The van der Waals surface area contributed by atoms with Crippen molar-refractivity contribution in [2.75, 3.05) is 19.6 Å². The highest BCUT2D eigenvalue weighted by molar-refractivity contribution is 8.18. The van der Waals surface area contributed by atoms with E-state index < -0.39 is 17.1 Å². The number of carboxylic acids is 1. The van der Waals surface area contributed by atoms with E-state index in [-0.39, 0.29) is 22.9 Å². The van der Waals surface area contributed by atoms with E-state index in [4.69, 9.17) is 0 Å². The molecule has 9 heteroatoms. The van der Waals surface area contributed by atoms with E-state index in [0.717, 1.165) is 29.5 Å². The second-order valence-corrected chi connectivity index (χ2v) is 8.01. The van der Waals surface area contributed by atoms with Gasteiger partial charge in [0.05, 0.1) is 10.5 Å². The minimum absolute atomic E-state index is 0.146. The second-order valence-electron chi connectivity index (χ2n) is 7.01. The number of imide groups is 1. The molecule has 8 nitrogen and oxygen atoms in total. The van der Waals surface area contributed by atoms with Gasteiger partial charge < -0.3 is 14.6 Å². The third-order valence-electron chi connectivity index (χ3n) is 5.06. The number of hydrogen-bond acceptors (Lipinski definition) is 5. The Balaban J connectivity index is 1.56. The lowest BCUT2D eigenvalue weighted by atomic mass is 10.2. The molecule has 0 bridgehead atoms. The van der Waals surface area contributed by atoms with Gasteiger partial charge in [0.1, 0.15) is 6.54 Å². The lowest BCUT2D eigenvalue weighted by Crippen LogP contribution is -2.40. The standard InChI is InChI=1S/C21H19N3O5S/c25-18(22-8-1-2-9-22)13-24-19(26)17(30-21(24)29)12-16-7-4-10-23(16)15-6-3-5-14(11-15)20(27)28/h3-7,10-12H,1-2,8-9,13H2,(H,27,28)/b17-12-. The van der Waals surface area contributed by atoms with Crippen LogP contribution in [-0.4, -0.2) is 62.1 Å². The zero-order chi connectivity index (χ0) is 21.3. The molecule has 30 heavy (non-hydrogen) atoms. The van der Waals surface area contributed by atoms with E-state index in [9.17, 15) is 24.3 Å². The van der Waals surface area contributed by atoms with Crippen molar-refractivity contribution in [1.29, 1.82) is 0 Å². The number of hydrogen-bond donors (Lipinski definition) is 1. The van der Waals surface area contributed by atoms with Crippen molar-refractivity contribution in [3.8, 4) is 5.69 Å². The summed E-state index contributed by atoms with van der Waals surface area (Å²) >= 11 is 0.797. The summed E-state index contributed by atoms with van der Waals surface area (Å²) < 4.78 is 1.73. The first kappa shape index (κ1) is 20.0. The Hall–Kier alpha value is -3.33. The Labute approximate surface area is 176 Å². The van der Waals surface area contributed by atoms with Crippen molar-refractivity contribution < 1.29 is 24.3 Å². The van der Waals surface area contributed by atoms with E-state index in [1.54, 1.807) is 46.0 Å². The summed E-state index contributed by atoms with van der Waals surface area (Å²) in [6.07, 6.45) is 5.20. The van der Waals surface area contributed by atoms with E-state index in [1.807, 2.05) is 0 Å². The highest BCUT2D eigenvalue weighted by Crippen LogP contribution is 2.32. The summed E-state index contributed by atoms with van der Waals surface area (Å²) in [5.74, 6) is -1.75. The fraction of sp³-hybridized carbons (Fsp3) is 0.238. The summed E-state index contributed by atoms with van der Waals surface area (Å²) in [4.78, 5) is 51.5. The van der Waals surface area contributed by atoms with Crippen molar-refractivity contribution in [3.05, 3.63) is 58.8 Å². The van der Waals surface area contributed by atoms with Gasteiger partial charge >= 0.3 is 5.97 Å². The minimum atomic E-state index is -1.03. The van der Waals surface area contributed by atoms with Crippen LogP contribution in [0.1, 0.15) is 28.9 Å². The smallest absolute Gasteiger partial charge is 0.335 e. The molecular formula is C21H19N3O5S. The number of carboxylic acid groups (broad SMARTS) is 1. The molecule has 0 radical (unpaired) electrons. The van der Waals surface area contributed by atoms with Gasteiger partial charge in [0.15, 0.2) is 0 Å². The zero-order valence-corrected chi connectivity index (χ0v) is 16.8. The predicted molar refractivity (Wildman–Crippen MR) is 111 cm³/mol.